The van der Waals surface area contributed by atoms with E-state index in [0.717, 1.165) is 0 Å². The van der Waals surface area contributed by atoms with Gasteiger partial charge in [-0.15, -0.1) is 0 Å². The molecule has 0 unspecified atom stereocenters. The van der Waals surface area contributed by atoms with Crippen molar-refractivity contribution >= 4 is 21.0 Å². The van der Waals surface area contributed by atoms with Crippen LogP contribution >= 0.6 is 0 Å². The molecule has 96 valence electrons. The van der Waals surface area contributed by atoms with Crippen molar-refractivity contribution in [2.75, 3.05) is 0 Å². The lowest BCUT2D eigenvalue weighted by molar-refractivity contribution is 0.484. The Morgan fingerprint density at radius 1 is 1.17 bits per heavy atom. The summed E-state index contributed by atoms with van der Waals surface area (Å²) >= 11 is 0. The molecule has 2 rings (SSSR count). The molecule has 1 heterocycles. The van der Waals surface area contributed by atoms with E-state index in [-0.39, 0.29) is 10.9 Å². The quantitative estimate of drug-likeness (QED) is 0.634. The molecule has 0 aliphatic rings. The summed E-state index contributed by atoms with van der Waals surface area (Å²) in [5.74, 6) is 0. The summed E-state index contributed by atoms with van der Waals surface area (Å²) in [6, 6.07) is 1.19. The van der Waals surface area contributed by atoms with Gasteiger partial charge in [-0.2, -0.15) is 8.42 Å². The summed E-state index contributed by atoms with van der Waals surface area (Å²) in [5, 5.41) is -0.250. The van der Waals surface area contributed by atoms with Crippen molar-refractivity contribution < 1.29 is 13.0 Å². The molecule has 8 heteroatoms. The number of rotatable bonds is 1. The van der Waals surface area contributed by atoms with Crippen LogP contribution in [0.2, 0.25) is 0 Å². The molecule has 0 spiro atoms. The molecule has 0 aliphatic heterocycles. The number of aromatic amines is 2. The Balaban J connectivity index is 3.23. The molecule has 0 fully saturated rings. The van der Waals surface area contributed by atoms with Gasteiger partial charge in [0.15, 0.2) is 0 Å². The minimum atomic E-state index is -4.55. The molecule has 18 heavy (non-hydrogen) atoms. The first-order valence-electron chi connectivity index (χ1n) is 4.96. The van der Waals surface area contributed by atoms with E-state index in [1.165, 1.54) is 6.07 Å². The number of H-pyrrole nitrogens is 2. The van der Waals surface area contributed by atoms with Gasteiger partial charge in [-0.1, -0.05) is 0 Å². The van der Waals surface area contributed by atoms with Crippen LogP contribution in [0.25, 0.3) is 10.9 Å². The van der Waals surface area contributed by atoms with Crippen LogP contribution in [0.4, 0.5) is 0 Å². The summed E-state index contributed by atoms with van der Waals surface area (Å²) in [5.41, 5.74) is -0.375. The highest BCUT2D eigenvalue weighted by Gasteiger charge is 2.20. The zero-order valence-corrected chi connectivity index (χ0v) is 10.4. The zero-order chi connectivity index (χ0) is 13.7. The second kappa shape index (κ2) is 3.79. The minimum absolute atomic E-state index is 0.108. The molecular formula is C10H10N2O5S. The average molecular weight is 270 g/mol. The molecule has 1 aromatic heterocycles. The first-order valence-corrected chi connectivity index (χ1v) is 6.40. The van der Waals surface area contributed by atoms with Crippen molar-refractivity contribution in [2.24, 2.45) is 0 Å². The summed E-state index contributed by atoms with van der Waals surface area (Å²) in [6.45, 7) is 3.25. The fourth-order valence-electron chi connectivity index (χ4n) is 1.78. The molecule has 0 radical (unpaired) electrons. The summed E-state index contributed by atoms with van der Waals surface area (Å²) < 4.78 is 31.6. The van der Waals surface area contributed by atoms with Gasteiger partial charge in [0.2, 0.25) is 0 Å². The third-order valence-electron chi connectivity index (χ3n) is 2.78. The van der Waals surface area contributed by atoms with Gasteiger partial charge in [0.25, 0.3) is 15.7 Å². The highest BCUT2D eigenvalue weighted by molar-refractivity contribution is 7.86. The Labute approximate surface area is 101 Å². The van der Waals surface area contributed by atoms with Gasteiger partial charge in [0, 0.05) is 0 Å². The second-order valence-corrected chi connectivity index (χ2v) is 5.34. The minimum Gasteiger partial charge on any atom is -0.307 e. The SMILES string of the molecule is Cc1cc(S(=O)(=O)O)c2c(=O)[nH]c(=O)[nH]c2c1C. The molecule has 0 atom stereocenters. The standard InChI is InChI=1S/C10H10N2O5S/c1-4-3-6(18(15,16)17)7-8(5(4)2)11-10(14)12-9(7)13/h3H,1-2H3,(H,15,16,17)(H2,11,12,13,14). The molecular weight excluding hydrogens is 260 g/mol. The van der Waals surface area contributed by atoms with Crippen molar-refractivity contribution in [3.63, 3.8) is 0 Å². The third kappa shape index (κ3) is 1.85. The van der Waals surface area contributed by atoms with Crippen LogP contribution in [0.1, 0.15) is 11.1 Å². The van der Waals surface area contributed by atoms with Gasteiger partial charge in [-0.3, -0.25) is 14.3 Å². The van der Waals surface area contributed by atoms with Crippen LogP contribution < -0.4 is 11.2 Å². The highest BCUT2D eigenvalue weighted by atomic mass is 32.2. The van der Waals surface area contributed by atoms with Crippen LogP contribution in [-0.2, 0) is 10.1 Å². The molecule has 3 N–H and O–H groups in total. The number of nitrogens with one attached hydrogen (secondary N) is 2. The predicted molar refractivity (Wildman–Crippen MR) is 64.5 cm³/mol. The lowest BCUT2D eigenvalue weighted by Crippen LogP contribution is -2.24. The lowest BCUT2D eigenvalue weighted by atomic mass is 10.1. The second-order valence-electron chi connectivity index (χ2n) is 3.95. The summed E-state index contributed by atoms with van der Waals surface area (Å²) in [7, 11) is -4.55. The first kappa shape index (κ1) is 12.5. The van der Waals surface area contributed by atoms with Crippen molar-refractivity contribution in [1.29, 1.82) is 0 Å². The van der Waals surface area contributed by atoms with Crippen molar-refractivity contribution in [3.05, 3.63) is 38.0 Å². The van der Waals surface area contributed by atoms with Gasteiger partial charge in [0.05, 0.1) is 10.9 Å². The number of hydrogen-bond donors (Lipinski definition) is 3. The fraction of sp³-hybridized carbons (Fsp3) is 0.200. The zero-order valence-electron chi connectivity index (χ0n) is 9.57. The van der Waals surface area contributed by atoms with Gasteiger partial charge < -0.3 is 4.98 Å². The number of benzene rings is 1. The Hall–Kier alpha value is -1.93. The first-order chi connectivity index (χ1) is 8.21. The van der Waals surface area contributed by atoms with Crippen molar-refractivity contribution in [2.45, 2.75) is 18.7 Å². The maximum atomic E-state index is 11.7. The molecule has 0 aliphatic carbocycles. The Bertz CT molecular complexity index is 860. The molecule has 2 aromatic rings. The fourth-order valence-corrected chi connectivity index (χ4v) is 2.56. The molecule has 0 saturated carbocycles. The van der Waals surface area contributed by atoms with Crippen LogP contribution in [0, 0.1) is 13.8 Å². The maximum Gasteiger partial charge on any atom is 0.326 e. The molecule has 7 nitrogen and oxygen atoms in total. The number of aryl methyl sites for hydroxylation is 2. The number of hydrogen-bond acceptors (Lipinski definition) is 4. The van der Waals surface area contributed by atoms with E-state index in [9.17, 15) is 18.0 Å². The van der Waals surface area contributed by atoms with Gasteiger partial charge in [-0.05, 0) is 31.0 Å². The van der Waals surface area contributed by atoms with E-state index >= 15 is 0 Å². The van der Waals surface area contributed by atoms with Crippen molar-refractivity contribution in [3.8, 4) is 0 Å². The molecule has 0 saturated heterocycles. The summed E-state index contributed by atoms with van der Waals surface area (Å²) in [4.78, 5) is 26.7. The maximum absolute atomic E-state index is 11.7. The predicted octanol–water partition coefficient (Wildman–Crippen LogP) is 0.0799. The smallest absolute Gasteiger partial charge is 0.307 e. The largest absolute Gasteiger partial charge is 0.326 e. The van der Waals surface area contributed by atoms with Crippen LogP contribution in [0.5, 0.6) is 0 Å². The van der Waals surface area contributed by atoms with Gasteiger partial charge in [0.1, 0.15) is 4.90 Å². The van der Waals surface area contributed by atoms with E-state index in [2.05, 4.69) is 4.98 Å². The molecule has 0 amide bonds. The van der Waals surface area contributed by atoms with E-state index in [4.69, 9.17) is 4.55 Å². The normalized spacial score (nSPS) is 11.9. The highest BCUT2D eigenvalue weighted by Crippen LogP contribution is 2.23. The van der Waals surface area contributed by atoms with Crippen molar-refractivity contribution in [1.82, 2.24) is 9.97 Å². The van der Waals surface area contributed by atoms with Crippen LogP contribution in [0.15, 0.2) is 20.6 Å². The molecule has 0 bridgehead atoms. The summed E-state index contributed by atoms with van der Waals surface area (Å²) in [6.07, 6.45) is 0. The van der Waals surface area contributed by atoms with Gasteiger partial charge >= 0.3 is 5.69 Å². The lowest BCUT2D eigenvalue weighted by Gasteiger charge is -2.08. The third-order valence-corrected chi connectivity index (χ3v) is 3.66. The Kier molecular flexibility index (Phi) is 2.63. The Morgan fingerprint density at radius 3 is 2.33 bits per heavy atom. The average Bonchev–Trinajstić information content (AvgIpc) is 2.21. The molecule has 1 aromatic carbocycles. The topological polar surface area (TPSA) is 120 Å². The van der Waals surface area contributed by atoms with E-state index in [0.29, 0.717) is 11.1 Å². The Morgan fingerprint density at radius 2 is 1.78 bits per heavy atom. The number of fused-ring (bicyclic) bond motifs is 1. The van der Waals surface area contributed by atoms with E-state index in [1.54, 1.807) is 13.8 Å². The van der Waals surface area contributed by atoms with Crippen LogP contribution in [0.3, 0.4) is 0 Å². The van der Waals surface area contributed by atoms with Crippen LogP contribution in [-0.4, -0.2) is 22.9 Å². The monoisotopic (exact) mass is 270 g/mol. The van der Waals surface area contributed by atoms with Gasteiger partial charge in [-0.25, -0.2) is 4.79 Å². The van der Waals surface area contributed by atoms with E-state index < -0.39 is 26.3 Å². The number of aromatic nitrogens is 2. The van der Waals surface area contributed by atoms with E-state index in [1.807, 2.05) is 4.98 Å².